The molecule has 5 heterocycles. The molecule has 0 radical (unpaired) electrons. The monoisotopic (exact) mass is 824 g/mol. The maximum atomic E-state index is 14.1. The van der Waals surface area contributed by atoms with Crippen molar-refractivity contribution in [2.45, 2.75) is 51.2 Å². The number of ether oxygens (including phenoxy) is 3. The van der Waals surface area contributed by atoms with Crippen molar-refractivity contribution in [2.75, 3.05) is 13.2 Å². The lowest BCUT2D eigenvalue weighted by molar-refractivity contribution is 0.0217. The van der Waals surface area contributed by atoms with Crippen molar-refractivity contribution in [1.82, 2.24) is 45.3 Å². The summed E-state index contributed by atoms with van der Waals surface area (Å²) in [4.78, 5) is 32.1. The fourth-order valence-corrected chi connectivity index (χ4v) is 6.09. The van der Waals surface area contributed by atoms with E-state index in [0.717, 1.165) is 17.3 Å². The molecule has 1 amide bonds. The zero-order valence-electron chi connectivity index (χ0n) is 32.0. The second-order valence-corrected chi connectivity index (χ2v) is 14.6. The van der Waals surface area contributed by atoms with Crippen molar-refractivity contribution in [3.05, 3.63) is 114 Å². The fraction of sp³-hybridized carbons (Fsp3) is 0.250. The molecule has 0 spiro atoms. The number of aromatic nitrogens is 8. The van der Waals surface area contributed by atoms with E-state index in [2.05, 4.69) is 40.4 Å². The predicted octanol–water partition coefficient (Wildman–Crippen LogP) is 7.05. The van der Waals surface area contributed by atoms with Crippen LogP contribution in [0.5, 0.6) is 23.3 Å². The minimum atomic E-state index is -0.783. The molecule has 7 aromatic rings. The van der Waals surface area contributed by atoms with Crippen LogP contribution in [0.4, 0.5) is 9.18 Å². The molecule has 0 bridgehead atoms. The van der Waals surface area contributed by atoms with E-state index >= 15 is 0 Å². The number of carbonyl (C=O) groups excluding carboxylic acids is 1. The number of amides is 1. The molecule has 0 saturated heterocycles. The van der Waals surface area contributed by atoms with Crippen molar-refractivity contribution in [2.24, 2.45) is 5.73 Å². The van der Waals surface area contributed by atoms with Crippen molar-refractivity contribution in [1.29, 1.82) is 0 Å². The third-order valence-corrected chi connectivity index (χ3v) is 8.87. The molecular formula is C40H38ClFN10O7. The third-order valence-electron chi connectivity index (χ3n) is 8.66. The Morgan fingerprint density at radius 1 is 0.898 bits per heavy atom. The first-order valence-corrected chi connectivity index (χ1v) is 18.6. The number of hydrogen-bond donors (Lipinski definition) is 3. The summed E-state index contributed by atoms with van der Waals surface area (Å²) >= 11 is 5.75. The molecule has 0 aliphatic rings. The van der Waals surface area contributed by atoms with Crippen molar-refractivity contribution in [3.8, 4) is 57.3 Å². The first-order valence-electron chi connectivity index (χ1n) is 18.2. The van der Waals surface area contributed by atoms with Gasteiger partial charge in [0.25, 0.3) is 5.88 Å². The third kappa shape index (κ3) is 10.2. The van der Waals surface area contributed by atoms with E-state index in [0.29, 0.717) is 34.3 Å². The Bertz CT molecular complexity index is 2470. The van der Waals surface area contributed by atoms with Crippen LogP contribution >= 0.6 is 11.6 Å². The second kappa shape index (κ2) is 17.8. The summed E-state index contributed by atoms with van der Waals surface area (Å²) in [5, 5.41) is 25.6. The van der Waals surface area contributed by atoms with Gasteiger partial charge in [-0.2, -0.15) is 15.1 Å². The molecule has 17 nitrogen and oxygen atoms in total. The zero-order valence-corrected chi connectivity index (χ0v) is 32.7. The van der Waals surface area contributed by atoms with Crippen molar-refractivity contribution >= 4 is 17.7 Å². The lowest BCUT2D eigenvalue weighted by Gasteiger charge is -2.39. The van der Waals surface area contributed by atoms with Crippen LogP contribution in [0, 0.1) is 5.82 Å². The van der Waals surface area contributed by atoms with Gasteiger partial charge in [0.05, 0.1) is 23.4 Å². The van der Waals surface area contributed by atoms with Crippen LogP contribution < -0.4 is 15.2 Å². The summed E-state index contributed by atoms with van der Waals surface area (Å²) in [6.45, 7) is 4.83. The topological polar surface area (TPSA) is 227 Å². The Kier molecular flexibility index (Phi) is 12.2. The SMILES string of the molecule is CC(C)(C)N(C(=O)OC[C@H](N)Cc1nc(-c2ccc(Oc3ncc(Cl)cc3F)cc2)no1)[C@H](CO)Cc1nc(-c2cccc(Oc3ccc(-c4ccn[nH]4)cn3)c2)no1. The molecule has 5 aromatic heterocycles. The van der Waals surface area contributed by atoms with Crippen LogP contribution in [0.15, 0.2) is 100 Å². The summed E-state index contributed by atoms with van der Waals surface area (Å²) < 4.78 is 42.1. The number of halogens is 2. The molecule has 2 atom stereocenters. The minimum absolute atomic E-state index is 0.0392. The Morgan fingerprint density at radius 3 is 2.29 bits per heavy atom. The Labute approximate surface area is 341 Å². The van der Waals surface area contributed by atoms with E-state index in [1.54, 1.807) is 67.0 Å². The van der Waals surface area contributed by atoms with Crippen LogP contribution in [0.2, 0.25) is 5.02 Å². The number of aliphatic hydroxyl groups excluding tert-OH is 1. The lowest BCUT2D eigenvalue weighted by atomic mass is 10.0. The van der Waals surface area contributed by atoms with E-state index in [1.807, 2.05) is 32.9 Å². The maximum Gasteiger partial charge on any atom is 0.410 e. The molecule has 7 rings (SSSR count). The van der Waals surface area contributed by atoms with Gasteiger partial charge < -0.3 is 34.1 Å². The molecule has 0 aliphatic heterocycles. The molecule has 59 heavy (non-hydrogen) atoms. The predicted molar refractivity (Wildman–Crippen MR) is 210 cm³/mol. The fourth-order valence-electron chi connectivity index (χ4n) is 5.95. The van der Waals surface area contributed by atoms with E-state index in [-0.39, 0.29) is 48.0 Å². The van der Waals surface area contributed by atoms with Gasteiger partial charge in [-0.05, 0) is 75.4 Å². The number of H-pyrrole nitrogens is 1. The van der Waals surface area contributed by atoms with Gasteiger partial charge >= 0.3 is 6.09 Å². The molecule has 0 unspecified atom stereocenters. The van der Waals surface area contributed by atoms with E-state index in [9.17, 15) is 14.3 Å². The number of benzene rings is 2. The number of rotatable bonds is 15. The zero-order chi connectivity index (χ0) is 41.5. The number of carbonyl (C=O) groups is 1. The molecule has 2 aromatic carbocycles. The summed E-state index contributed by atoms with van der Waals surface area (Å²) in [5.41, 5.74) is 8.45. The molecule has 0 aliphatic carbocycles. The number of aromatic amines is 1. The van der Waals surface area contributed by atoms with Gasteiger partial charge in [-0.1, -0.05) is 34.0 Å². The van der Waals surface area contributed by atoms with E-state index < -0.39 is 36.1 Å². The summed E-state index contributed by atoms with van der Waals surface area (Å²) in [5.74, 6) is 1.31. The van der Waals surface area contributed by atoms with Crippen LogP contribution in [-0.2, 0) is 17.6 Å². The molecule has 0 saturated carbocycles. The van der Waals surface area contributed by atoms with Gasteiger partial charge in [0.1, 0.15) is 18.1 Å². The molecular weight excluding hydrogens is 787 g/mol. The first kappa shape index (κ1) is 40.4. The van der Waals surface area contributed by atoms with Crippen LogP contribution in [-0.4, -0.2) is 87.4 Å². The van der Waals surface area contributed by atoms with Crippen LogP contribution in [0.3, 0.4) is 0 Å². The van der Waals surface area contributed by atoms with Gasteiger partial charge in [0.15, 0.2) is 5.82 Å². The van der Waals surface area contributed by atoms with E-state index in [4.69, 9.17) is 40.6 Å². The highest BCUT2D eigenvalue weighted by atomic mass is 35.5. The maximum absolute atomic E-state index is 14.1. The minimum Gasteiger partial charge on any atom is -0.448 e. The number of nitrogens with one attached hydrogen (secondary N) is 1. The Hall–Kier alpha value is -6.76. The average Bonchev–Trinajstić information content (AvgIpc) is 4.02. The number of hydrogen-bond acceptors (Lipinski definition) is 15. The largest absolute Gasteiger partial charge is 0.448 e. The Balaban J connectivity index is 0.928. The normalized spacial score (nSPS) is 12.5. The highest BCUT2D eigenvalue weighted by Gasteiger charge is 2.36. The van der Waals surface area contributed by atoms with Gasteiger partial charge in [-0.3, -0.25) is 10.00 Å². The molecule has 0 fully saturated rings. The number of pyridine rings is 2. The summed E-state index contributed by atoms with van der Waals surface area (Å²) in [7, 11) is 0. The van der Waals surface area contributed by atoms with Crippen LogP contribution in [0.25, 0.3) is 34.0 Å². The highest BCUT2D eigenvalue weighted by Crippen LogP contribution is 2.29. The lowest BCUT2D eigenvalue weighted by Crippen LogP contribution is -2.54. The summed E-state index contributed by atoms with van der Waals surface area (Å²) in [6.07, 6.45) is 4.07. The molecule has 4 N–H and O–H groups in total. The molecule has 19 heteroatoms. The first-order chi connectivity index (χ1) is 28.4. The number of nitrogens with zero attached hydrogens (tertiary/aromatic N) is 8. The average molecular weight is 825 g/mol. The number of nitrogens with two attached hydrogens (primary N) is 1. The van der Waals surface area contributed by atoms with Crippen molar-refractivity contribution < 1.29 is 37.5 Å². The van der Waals surface area contributed by atoms with Gasteiger partial charge in [-0.25, -0.2) is 19.2 Å². The quantitative estimate of drug-likeness (QED) is 0.0941. The van der Waals surface area contributed by atoms with E-state index in [1.165, 1.54) is 11.1 Å². The summed E-state index contributed by atoms with van der Waals surface area (Å²) in [6, 6.07) is 18.7. The van der Waals surface area contributed by atoms with Crippen LogP contribution in [0.1, 0.15) is 32.6 Å². The van der Waals surface area contributed by atoms with Gasteiger partial charge in [-0.15, -0.1) is 0 Å². The number of aliphatic hydroxyl groups is 1. The Morgan fingerprint density at radius 2 is 1.63 bits per heavy atom. The second-order valence-electron chi connectivity index (χ2n) is 14.2. The highest BCUT2D eigenvalue weighted by molar-refractivity contribution is 6.30. The van der Waals surface area contributed by atoms with Gasteiger partial charge in [0.2, 0.25) is 29.3 Å². The van der Waals surface area contributed by atoms with Crippen molar-refractivity contribution in [3.63, 3.8) is 0 Å². The van der Waals surface area contributed by atoms with Gasteiger partial charge in [0, 0.05) is 65.8 Å². The molecule has 304 valence electrons. The standard InChI is InChI=1S/C40H38ClFN10O7/c1-40(2,3)52(39(54)55-22-27(43)17-34-47-36(50-58-34)23-7-10-29(11-8-23)57-38-31(42)16-26(41)20-45-38)28(21-53)18-35-48-37(51-59-35)24-5-4-6-30(15-24)56-33-12-9-25(19-44-33)32-13-14-46-49-32/h4-16,19-20,27-28,53H,17-18,21-22,43H2,1-3H3,(H,46,49)/t27-,28+/m1/s1. The smallest absolute Gasteiger partial charge is 0.410 e.